The molecule has 3 nitrogen and oxygen atoms in total. The van der Waals surface area contributed by atoms with Gasteiger partial charge in [-0.1, -0.05) is 6.07 Å². The van der Waals surface area contributed by atoms with Crippen molar-refractivity contribution in [3.05, 3.63) is 22.4 Å². The summed E-state index contributed by atoms with van der Waals surface area (Å²) < 4.78 is 0. The first-order valence-electron chi connectivity index (χ1n) is 4.90. The molecule has 1 saturated heterocycles. The molecule has 1 fully saturated rings. The average molecular weight is 210 g/mol. The molecule has 1 aromatic heterocycles. The second-order valence-corrected chi connectivity index (χ2v) is 4.45. The van der Waals surface area contributed by atoms with E-state index in [0.29, 0.717) is 0 Å². The Labute approximate surface area is 87.5 Å². The lowest BCUT2D eigenvalue weighted by Gasteiger charge is -2.26. The smallest absolute Gasteiger partial charge is 0.237 e. The van der Waals surface area contributed by atoms with E-state index in [2.05, 4.69) is 22.1 Å². The van der Waals surface area contributed by atoms with Crippen molar-refractivity contribution >= 4 is 17.2 Å². The van der Waals surface area contributed by atoms with Crippen LogP contribution in [0.5, 0.6) is 0 Å². The van der Waals surface area contributed by atoms with Gasteiger partial charge in [0, 0.05) is 11.4 Å². The fraction of sp³-hybridized carbons (Fsp3) is 0.500. The number of thiophene rings is 1. The molecule has 2 heterocycles. The Balaban J connectivity index is 1.65. The van der Waals surface area contributed by atoms with Gasteiger partial charge in [0.25, 0.3) is 0 Å². The van der Waals surface area contributed by atoms with Gasteiger partial charge in [-0.25, -0.2) is 0 Å². The third-order valence-corrected chi connectivity index (χ3v) is 3.33. The van der Waals surface area contributed by atoms with E-state index in [9.17, 15) is 4.79 Å². The van der Waals surface area contributed by atoms with Gasteiger partial charge in [0.15, 0.2) is 0 Å². The van der Waals surface area contributed by atoms with E-state index in [-0.39, 0.29) is 11.9 Å². The molecule has 1 aliphatic heterocycles. The maximum absolute atomic E-state index is 11.4. The molecule has 1 atom stereocenters. The Bertz CT molecular complexity index is 293. The van der Waals surface area contributed by atoms with Crippen LogP contribution in [0.1, 0.15) is 11.3 Å². The molecule has 1 aromatic rings. The van der Waals surface area contributed by atoms with Gasteiger partial charge in [-0.15, -0.1) is 11.3 Å². The lowest BCUT2D eigenvalue weighted by atomic mass is 10.1. The van der Waals surface area contributed by atoms with Crippen LogP contribution in [0.25, 0.3) is 0 Å². The van der Waals surface area contributed by atoms with Crippen molar-refractivity contribution in [2.75, 3.05) is 13.1 Å². The van der Waals surface area contributed by atoms with E-state index in [0.717, 1.165) is 25.9 Å². The zero-order valence-corrected chi connectivity index (χ0v) is 8.77. The molecule has 0 radical (unpaired) electrons. The van der Waals surface area contributed by atoms with Crippen molar-refractivity contribution < 1.29 is 4.79 Å². The fourth-order valence-electron chi connectivity index (χ4n) is 1.40. The maximum Gasteiger partial charge on any atom is 0.237 e. The molecule has 2 N–H and O–H groups in total. The fourth-order valence-corrected chi connectivity index (χ4v) is 2.11. The molecule has 1 aliphatic rings. The minimum Gasteiger partial charge on any atom is -0.354 e. The minimum atomic E-state index is 0.0679. The topological polar surface area (TPSA) is 41.1 Å². The van der Waals surface area contributed by atoms with E-state index >= 15 is 0 Å². The first kappa shape index (κ1) is 9.68. The summed E-state index contributed by atoms with van der Waals surface area (Å²) in [6, 6.07) is 4.20. The number of carbonyl (C=O) groups excluding carboxylic acids is 1. The molecule has 4 heteroatoms. The molecule has 76 valence electrons. The highest BCUT2D eigenvalue weighted by Gasteiger charge is 2.23. The molecule has 0 spiro atoms. The van der Waals surface area contributed by atoms with Gasteiger partial charge < -0.3 is 10.6 Å². The Hall–Kier alpha value is -0.870. The monoisotopic (exact) mass is 210 g/mol. The summed E-state index contributed by atoms with van der Waals surface area (Å²) in [5, 5.41) is 8.07. The predicted molar refractivity (Wildman–Crippen MR) is 57.4 cm³/mol. The molecule has 0 saturated carbocycles. The van der Waals surface area contributed by atoms with Crippen LogP contribution in [-0.4, -0.2) is 25.0 Å². The Morgan fingerprint density at radius 1 is 1.71 bits per heavy atom. The van der Waals surface area contributed by atoms with Gasteiger partial charge >= 0.3 is 0 Å². The van der Waals surface area contributed by atoms with Crippen molar-refractivity contribution in [2.45, 2.75) is 18.9 Å². The predicted octanol–water partition coefficient (Wildman–Crippen LogP) is 0.769. The average Bonchev–Trinajstić information content (AvgIpc) is 2.53. The van der Waals surface area contributed by atoms with Gasteiger partial charge in [0.2, 0.25) is 5.91 Å². The zero-order valence-electron chi connectivity index (χ0n) is 7.95. The summed E-state index contributed by atoms with van der Waals surface area (Å²) in [5.41, 5.74) is 0. The van der Waals surface area contributed by atoms with Crippen molar-refractivity contribution in [2.24, 2.45) is 0 Å². The summed E-state index contributed by atoms with van der Waals surface area (Å²) in [4.78, 5) is 12.7. The molecule has 1 amide bonds. The third kappa shape index (κ3) is 2.33. The van der Waals surface area contributed by atoms with Crippen LogP contribution in [0, 0.1) is 0 Å². The molecule has 14 heavy (non-hydrogen) atoms. The van der Waals surface area contributed by atoms with Crippen LogP contribution in [-0.2, 0) is 11.2 Å². The maximum atomic E-state index is 11.4. The number of hydrogen-bond donors (Lipinski definition) is 2. The zero-order chi connectivity index (χ0) is 9.80. The van der Waals surface area contributed by atoms with E-state index in [4.69, 9.17) is 0 Å². The van der Waals surface area contributed by atoms with Gasteiger partial charge in [-0.05, 0) is 30.8 Å². The molecular weight excluding hydrogens is 196 g/mol. The highest BCUT2D eigenvalue weighted by atomic mass is 32.1. The normalized spacial score (nSPS) is 20.1. The van der Waals surface area contributed by atoms with Gasteiger partial charge in [-0.2, -0.15) is 0 Å². The van der Waals surface area contributed by atoms with E-state index in [1.807, 2.05) is 6.07 Å². The van der Waals surface area contributed by atoms with E-state index in [1.54, 1.807) is 11.3 Å². The highest BCUT2D eigenvalue weighted by Crippen LogP contribution is 2.08. The van der Waals surface area contributed by atoms with Crippen molar-refractivity contribution in [3.63, 3.8) is 0 Å². The van der Waals surface area contributed by atoms with Crippen LogP contribution in [0.4, 0.5) is 0 Å². The van der Waals surface area contributed by atoms with Crippen LogP contribution in [0.15, 0.2) is 17.5 Å². The molecular formula is C10H14N2OS. The summed E-state index contributed by atoms with van der Waals surface area (Å²) in [7, 11) is 0. The number of rotatable bonds is 4. The number of hydrogen-bond acceptors (Lipinski definition) is 3. The van der Waals surface area contributed by atoms with Crippen molar-refractivity contribution in [3.8, 4) is 0 Å². The minimum absolute atomic E-state index is 0.0679. The first-order chi connectivity index (χ1) is 6.86. The number of carbonyl (C=O) groups is 1. The Kier molecular flexibility index (Phi) is 3.16. The van der Waals surface area contributed by atoms with Crippen molar-refractivity contribution in [1.29, 1.82) is 0 Å². The molecule has 0 bridgehead atoms. The third-order valence-electron chi connectivity index (χ3n) is 2.39. The second kappa shape index (κ2) is 4.57. The number of nitrogens with one attached hydrogen (secondary N) is 2. The number of amides is 1. The molecule has 2 rings (SSSR count). The highest BCUT2D eigenvalue weighted by molar-refractivity contribution is 7.09. The summed E-state index contributed by atoms with van der Waals surface area (Å²) in [6.07, 6.45) is 1.92. The largest absolute Gasteiger partial charge is 0.354 e. The molecule has 0 aromatic carbocycles. The van der Waals surface area contributed by atoms with Gasteiger partial charge in [0.1, 0.15) is 0 Å². The Morgan fingerprint density at radius 2 is 2.57 bits per heavy atom. The Morgan fingerprint density at radius 3 is 3.14 bits per heavy atom. The summed E-state index contributed by atoms with van der Waals surface area (Å²) in [6.45, 7) is 1.72. The van der Waals surface area contributed by atoms with Gasteiger partial charge in [-0.3, -0.25) is 4.79 Å². The van der Waals surface area contributed by atoms with Gasteiger partial charge in [0.05, 0.1) is 6.04 Å². The lowest BCUT2D eigenvalue weighted by molar-refractivity contribution is -0.124. The van der Waals surface area contributed by atoms with E-state index in [1.165, 1.54) is 4.88 Å². The molecule has 0 unspecified atom stereocenters. The van der Waals surface area contributed by atoms with Crippen LogP contribution in [0.2, 0.25) is 0 Å². The standard InChI is InChI=1S/C10H14N2OS/c13-10(9-4-6-11-9)12-5-3-8-2-1-7-14-8/h1-2,7,9,11H,3-6H2,(H,12,13)/t9-/m1/s1. The van der Waals surface area contributed by atoms with Crippen LogP contribution >= 0.6 is 11.3 Å². The van der Waals surface area contributed by atoms with Crippen molar-refractivity contribution in [1.82, 2.24) is 10.6 Å². The first-order valence-corrected chi connectivity index (χ1v) is 5.78. The molecule has 0 aliphatic carbocycles. The van der Waals surface area contributed by atoms with Crippen LogP contribution in [0.3, 0.4) is 0 Å². The quantitative estimate of drug-likeness (QED) is 0.770. The summed E-state index contributed by atoms with van der Waals surface area (Å²) in [5.74, 6) is 0.146. The lowest BCUT2D eigenvalue weighted by Crippen LogP contribution is -2.53. The SMILES string of the molecule is O=C(NCCc1cccs1)[C@H]1CCN1. The van der Waals surface area contributed by atoms with E-state index < -0.39 is 0 Å². The summed E-state index contributed by atoms with van der Waals surface area (Å²) >= 11 is 1.74. The van der Waals surface area contributed by atoms with Crippen LogP contribution < -0.4 is 10.6 Å². The second-order valence-electron chi connectivity index (χ2n) is 3.42.